The van der Waals surface area contributed by atoms with Crippen LogP contribution in [0.15, 0.2) is 23.8 Å². The summed E-state index contributed by atoms with van der Waals surface area (Å²) in [6.07, 6.45) is 7.90. The van der Waals surface area contributed by atoms with Gasteiger partial charge >= 0.3 is 5.97 Å². The Hall–Kier alpha value is -1.50. The minimum atomic E-state index is -1.40. The molecule has 3 saturated carbocycles. The van der Waals surface area contributed by atoms with Gasteiger partial charge in [0.15, 0.2) is 17.7 Å². The van der Waals surface area contributed by atoms with Gasteiger partial charge in [-0.3, -0.25) is 4.79 Å². The number of rotatable bonds is 3. The predicted molar refractivity (Wildman–Crippen MR) is 108 cm³/mol. The largest absolute Gasteiger partial charge is 0.479 e. The van der Waals surface area contributed by atoms with Gasteiger partial charge in [0.05, 0.1) is 6.10 Å². The fourth-order valence-electron chi connectivity index (χ4n) is 7.87. The Kier molecular flexibility index (Phi) is 4.42. The lowest BCUT2D eigenvalue weighted by atomic mass is 9.46. The lowest BCUT2D eigenvalue weighted by Gasteiger charge is -2.59. The highest BCUT2D eigenvalue weighted by Crippen LogP contribution is 2.69. The number of carboxylic acid groups (broad SMARTS) is 1. The molecule has 30 heavy (non-hydrogen) atoms. The molecule has 9 atom stereocenters. The Labute approximate surface area is 177 Å². The molecule has 1 heterocycles. The van der Waals surface area contributed by atoms with Crippen LogP contribution in [0.1, 0.15) is 59.3 Å². The SMILES string of the molecule is CCCC1O[C@@H]2CC3C4CCC5=CC(=O)C=C[C@]5(C)C4C(O)C[C@]3(C)[C@]2(C(=O)O)O1. The molecular weight excluding hydrogens is 384 g/mol. The number of carboxylic acids is 1. The minimum Gasteiger partial charge on any atom is -0.479 e. The lowest BCUT2D eigenvalue weighted by Crippen LogP contribution is -2.63. The molecule has 5 rings (SSSR count). The highest BCUT2D eigenvalue weighted by Gasteiger charge is 2.76. The Morgan fingerprint density at radius 3 is 2.80 bits per heavy atom. The summed E-state index contributed by atoms with van der Waals surface area (Å²) >= 11 is 0. The molecule has 0 aromatic rings. The van der Waals surface area contributed by atoms with Gasteiger partial charge in [0.2, 0.25) is 0 Å². The number of ether oxygens (including phenoxy) is 2. The first-order chi connectivity index (χ1) is 14.2. The molecule has 2 N–H and O–H groups in total. The van der Waals surface area contributed by atoms with E-state index in [0.29, 0.717) is 19.3 Å². The molecule has 5 aliphatic rings. The zero-order chi connectivity index (χ0) is 21.5. The van der Waals surface area contributed by atoms with E-state index in [1.54, 1.807) is 12.2 Å². The van der Waals surface area contributed by atoms with Crippen molar-refractivity contribution in [1.29, 1.82) is 0 Å². The Morgan fingerprint density at radius 1 is 1.33 bits per heavy atom. The summed E-state index contributed by atoms with van der Waals surface area (Å²) in [4.78, 5) is 24.6. The van der Waals surface area contributed by atoms with Gasteiger partial charge in [0.1, 0.15) is 6.10 Å². The van der Waals surface area contributed by atoms with Crippen LogP contribution >= 0.6 is 0 Å². The second-order valence-corrected chi connectivity index (χ2v) is 10.4. The molecule has 0 radical (unpaired) electrons. The van der Waals surface area contributed by atoms with E-state index in [-0.39, 0.29) is 29.0 Å². The second kappa shape index (κ2) is 6.50. The number of ketones is 1. The smallest absolute Gasteiger partial charge is 0.339 e. The predicted octanol–water partition coefficient (Wildman–Crippen LogP) is 3.24. The van der Waals surface area contributed by atoms with Crippen LogP contribution in [0.3, 0.4) is 0 Å². The first-order valence-corrected chi connectivity index (χ1v) is 11.4. The van der Waals surface area contributed by atoms with Crippen LogP contribution in [0.4, 0.5) is 0 Å². The monoisotopic (exact) mass is 416 g/mol. The molecule has 6 nitrogen and oxygen atoms in total. The molecule has 0 bridgehead atoms. The van der Waals surface area contributed by atoms with Crippen molar-refractivity contribution in [1.82, 2.24) is 0 Å². The summed E-state index contributed by atoms with van der Waals surface area (Å²) in [5.74, 6) is -0.722. The summed E-state index contributed by atoms with van der Waals surface area (Å²) in [5.41, 5.74) is -1.37. The summed E-state index contributed by atoms with van der Waals surface area (Å²) in [5, 5.41) is 21.8. The molecule has 0 aromatic heterocycles. The van der Waals surface area contributed by atoms with Crippen molar-refractivity contribution in [3.8, 4) is 0 Å². The van der Waals surface area contributed by atoms with Gasteiger partial charge in [-0.05, 0) is 56.1 Å². The number of aliphatic hydroxyl groups excluding tert-OH is 1. The van der Waals surface area contributed by atoms with E-state index >= 15 is 0 Å². The number of hydrogen-bond acceptors (Lipinski definition) is 5. The van der Waals surface area contributed by atoms with Crippen LogP contribution in [0.2, 0.25) is 0 Å². The maximum atomic E-state index is 12.7. The van der Waals surface area contributed by atoms with E-state index in [0.717, 1.165) is 24.8 Å². The number of carbonyl (C=O) groups excluding carboxylic acids is 1. The number of aliphatic hydroxyl groups is 1. The van der Waals surface area contributed by atoms with E-state index < -0.39 is 35.5 Å². The summed E-state index contributed by atoms with van der Waals surface area (Å²) < 4.78 is 12.4. The third-order valence-corrected chi connectivity index (χ3v) is 9.13. The molecule has 0 spiro atoms. The van der Waals surface area contributed by atoms with Crippen molar-refractivity contribution in [3.05, 3.63) is 23.8 Å². The van der Waals surface area contributed by atoms with Gasteiger partial charge in [-0.15, -0.1) is 0 Å². The van der Waals surface area contributed by atoms with Gasteiger partial charge in [-0.1, -0.05) is 38.8 Å². The number of fused-ring (bicyclic) bond motifs is 7. The van der Waals surface area contributed by atoms with Gasteiger partial charge in [-0.2, -0.15) is 0 Å². The van der Waals surface area contributed by atoms with Gasteiger partial charge in [0, 0.05) is 16.7 Å². The van der Waals surface area contributed by atoms with Crippen LogP contribution in [0, 0.1) is 28.6 Å². The number of hydrogen-bond donors (Lipinski definition) is 2. The second-order valence-electron chi connectivity index (χ2n) is 10.4. The van der Waals surface area contributed by atoms with Gasteiger partial charge < -0.3 is 19.7 Å². The molecular formula is C24H32O6. The standard InChI is InChI=1S/C24H32O6/c1-4-5-19-29-18-11-16-15-7-6-13-10-14(25)8-9-22(13,2)20(15)17(26)12-23(16,3)24(18,30-19)21(27)28/h8-10,15-20,26H,4-7,11-12H2,1-3H3,(H,27,28)/t15?,16?,17?,18-,19?,20?,22+,23+,24+/m1/s1. The number of allylic oxidation sites excluding steroid dienone is 4. The molecule has 0 amide bonds. The Morgan fingerprint density at radius 2 is 2.10 bits per heavy atom. The van der Waals surface area contributed by atoms with E-state index in [4.69, 9.17) is 9.47 Å². The van der Waals surface area contributed by atoms with Crippen LogP contribution in [-0.4, -0.2) is 46.1 Å². The summed E-state index contributed by atoms with van der Waals surface area (Å²) in [7, 11) is 0. The third kappa shape index (κ3) is 2.36. The highest BCUT2D eigenvalue weighted by atomic mass is 16.7. The normalized spacial score (nSPS) is 51.6. The zero-order valence-corrected chi connectivity index (χ0v) is 18.0. The van der Waals surface area contributed by atoms with Crippen molar-refractivity contribution in [2.24, 2.45) is 28.6 Å². The van der Waals surface area contributed by atoms with Crippen molar-refractivity contribution < 1.29 is 29.3 Å². The molecule has 1 saturated heterocycles. The number of aliphatic carboxylic acids is 1. The average Bonchev–Trinajstić information content (AvgIpc) is 3.15. The van der Waals surface area contributed by atoms with Gasteiger partial charge in [-0.25, -0.2) is 4.79 Å². The fourth-order valence-corrected chi connectivity index (χ4v) is 7.87. The zero-order valence-electron chi connectivity index (χ0n) is 18.0. The molecule has 164 valence electrons. The van der Waals surface area contributed by atoms with E-state index in [1.807, 2.05) is 19.9 Å². The van der Waals surface area contributed by atoms with Crippen molar-refractivity contribution in [2.45, 2.75) is 83.4 Å². The highest BCUT2D eigenvalue weighted by molar-refractivity contribution is 6.01. The lowest BCUT2D eigenvalue weighted by molar-refractivity contribution is -0.210. The molecule has 0 aromatic carbocycles. The van der Waals surface area contributed by atoms with Crippen LogP contribution in [0.25, 0.3) is 0 Å². The van der Waals surface area contributed by atoms with Crippen LogP contribution < -0.4 is 0 Å². The minimum absolute atomic E-state index is 0.0139. The van der Waals surface area contributed by atoms with E-state index in [9.17, 15) is 19.8 Å². The van der Waals surface area contributed by atoms with Crippen LogP contribution in [0.5, 0.6) is 0 Å². The maximum absolute atomic E-state index is 12.7. The summed E-state index contributed by atoms with van der Waals surface area (Å²) in [6, 6.07) is 0. The van der Waals surface area contributed by atoms with Crippen LogP contribution in [-0.2, 0) is 19.1 Å². The molecule has 1 aliphatic heterocycles. The Bertz CT molecular complexity index is 847. The Balaban J connectivity index is 1.55. The first kappa shape index (κ1) is 20.4. The quantitative estimate of drug-likeness (QED) is 0.734. The van der Waals surface area contributed by atoms with E-state index in [2.05, 4.69) is 6.92 Å². The van der Waals surface area contributed by atoms with Gasteiger partial charge in [0.25, 0.3) is 0 Å². The van der Waals surface area contributed by atoms with Crippen molar-refractivity contribution in [3.63, 3.8) is 0 Å². The maximum Gasteiger partial charge on any atom is 0.339 e. The molecule has 5 unspecified atom stereocenters. The van der Waals surface area contributed by atoms with Crippen molar-refractivity contribution >= 4 is 11.8 Å². The topological polar surface area (TPSA) is 93.1 Å². The fraction of sp³-hybridized carbons (Fsp3) is 0.750. The number of carbonyl (C=O) groups is 2. The molecule has 4 aliphatic carbocycles. The first-order valence-electron chi connectivity index (χ1n) is 11.4. The summed E-state index contributed by atoms with van der Waals surface area (Å²) in [6.45, 7) is 6.15. The average molecular weight is 417 g/mol. The molecule has 4 fully saturated rings. The van der Waals surface area contributed by atoms with Crippen molar-refractivity contribution in [2.75, 3.05) is 0 Å². The van der Waals surface area contributed by atoms with E-state index in [1.165, 1.54) is 0 Å². The third-order valence-electron chi connectivity index (χ3n) is 9.13. The molecule has 6 heteroatoms.